The average Bonchev–Trinajstić information content (AvgIpc) is 2.91. The van der Waals surface area contributed by atoms with Crippen LogP contribution in [-0.4, -0.2) is 38.0 Å². The molecule has 1 heterocycles. The summed E-state index contributed by atoms with van der Waals surface area (Å²) in [5.74, 6) is -2.23. The molecule has 3 rings (SSSR count). The SMILES string of the molecule is CC(CC1C2CC3C1OS(=O)(=O)C3C2)C(F)(F)S(=O)(=O)O. The fraction of sp³-hybridized carbons (Fsp3) is 1.00. The van der Waals surface area contributed by atoms with Gasteiger partial charge in [0.1, 0.15) is 0 Å². The second-order valence-electron chi connectivity index (χ2n) is 6.32. The van der Waals surface area contributed by atoms with Gasteiger partial charge in [0.15, 0.2) is 0 Å². The number of alkyl halides is 2. The van der Waals surface area contributed by atoms with Crippen LogP contribution >= 0.6 is 0 Å². The Hall–Kier alpha value is -0.320. The Labute approximate surface area is 121 Å². The molecular formula is C11H16F2O6S2. The lowest BCUT2D eigenvalue weighted by atomic mass is 9.80. The fourth-order valence-corrected chi connectivity index (χ4v) is 6.70. The molecule has 2 saturated carbocycles. The Morgan fingerprint density at radius 3 is 2.57 bits per heavy atom. The molecule has 6 atom stereocenters. The molecule has 6 nitrogen and oxygen atoms in total. The molecule has 2 bridgehead atoms. The van der Waals surface area contributed by atoms with Crippen LogP contribution in [0.3, 0.4) is 0 Å². The molecule has 1 saturated heterocycles. The second kappa shape index (κ2) is 4.36. The van der Waals surface area contributed by atoms with Gasteiger partial charge in [-0.2, -0.15) is 25.6 Å². The van der Waals surface area contributed by atoms with E-state index < -0.39 is 48.7 Å². The summed E-state index contributed by atoms with van der Waals surface area (Å²) in [6.45, 7) is 1.04. The maximum atomic E-state index is 13.6. The Bertz CT molecular complexity index is 658. The van der Waals surface area contributed by atoms with Crippen molar-refractivity contribution in [2.24, 2.45) is 23.7 Å². The number of hydrogen-bond acceptors (Lipinski definition) is 5. The van der Waals surface area contributed by atoms with E-state index in [1.165, 1.54) is 0 Å². The lowest BCUT2D eigenvalue weighted by Gasteiger charge is -2.29. The average molecular weight is 346 g/mol. The predicted octanol–water partition coefficient (Wildman–Crippen LogP) is 1.25. The van der Waals surface area contributed by atoms with Gasteiger partial charge in [-0.05, 0) is 31.1 Å². The van der Waals surface area contributed by atoms with Crippen LogP contribution in [0, 0.1) is 23.7 Å². The summed E-state index contributed by atoms with van der Waals surface area (Å²) >= 11 is 0. The summed E-state index contributed by atoms with van der Waals surface area (Å²) in [6.07, 6.45) is 0.182. The quantitative estimate of drug-likeness (QED) is 0.608. The fourth-order valence-electron chi connectivity index (χ4n) is 4.18. The van der Waals surface area contributed by atoms with Crippen molar-refractivity contribution >= 4 is 20.2 Å². The van der Waals surface area contributed by atoms with E-state index in [1.54, 1.807) is 0 Å². The molecule has 3 aliphatic rings. The van der Waals surface area contributed by atoms with E-state index in [9.17, 15) is 25.6 Å². The summed E-state index contributed by atoms with van der Waals surface area (Å²) in [4.78, 5) is 0. The van der Waals surface area contributed by atoms with Crippen LogP contribution in [0.1, 0.15) is 26.2 Å². The Morgan fingerprint density at radius 2 is 2.00 bits per heavy atom. The van der Waals surface area contributed by atoms with Crippen molar-refractivity contribution in [1.82, 2.24) is 0 Å². The van der Waals surface area contributed by atoms with E-state index in [-0.39, 0.29) is 18.3 Å². The normalized spacial score (nSPS) is 42.4. The largest absolute Gasteiger partial charge is 0.372 e. The van der Waals surface area contributed by atoms with E-state index in [0.717, 1.165) is 6.92 Å². The highest BCUT2D eigenvalue weighted by Crippen LogP contribution is 2.59. The van der Waals surface area contributed by atoms with Crippen LogP contribution in [-0.2, 0) is 24.4 Å². The predicted molar refractivity (Wildman–Crippen MR) is 67.6 cm³/mol. The van der Waals surface area contributed by atoms with Crippen molar-refractivity contribution in [3.8, 4) is 0 Å². The van der Waals surface area contributed by atoms with Crippen molar-refractivity contribution in [3.63, 3.8) is 0 Å². The molecule has 122 valence electrons. The van der Waals surface area contributed by atoms with Crippen LogP contribution in [0.5, 0.6) is 0 Å². The van der Waals surface area contributed by atoms with Crippen molar-refractivity contribution in [2.75, 3.05) is 0 Å². The van der Waals surface area contributed by atoms with Crippen LogP contribution < -0.4 is 0 Å². The lowest BCUT2D eigenvalue weighted by Crippen LogP contribution is -2.39. The first kappa shape index (κ1) is 15.6. The third kappa shape index (κ3) is 2.13. The zero-order chi connectivity index (χ0) is 15.8. The molecule has 6 unspecified atom stereocenters. The van der Waals surface area contributed by atoms with Crippen LogP contribution in [0.25, 0.3) is 0 Å². The third-order valence-electron chi connectivity index (χ3n) is 5.20. The number of rotatable bonds is 4. The van der Waals surface area contributed by atoms with Gasteiger partial charge in [-0.15, -0.1) is 0 Å². The highest BCUT2D eigenvalue weighted by atomic mass is 32.2. The van der Waals surface area contributed by atoms with E-state index in [1.807, 2.05) is 0 Å². The van der Waals surface area contributed by atoms with Crippen LogP contribution in [0.2, 0.25) is 0 Å². The molecule has 1 aliphatic heterocycles. The molecule has 21 heavy (non-hydrogen) atoms. The van der Waals surface area contributed by atoms with Crippen molar-refractivity contribution in [1.29, 1.82) is 0 Å². The summed E-state index contributed by atoms with van der Waals surface area (Å²) in [5, 5.41) is -4.78. The Kier molecular flexibility index (Phi) is 3.23. The standard InChI is InChI=1S/C11H16F2O6S2/c1-5(11(12,13)21(16,17)18)2-7-6-3-8-9(4-6)20(14,15)19-10(7)8/h5-10H,2-4H2,1H3,(H,16,17,18). The first-order valence-electron chi connectivity index (χ1n) is 6.72. The summed E-state index contributed by atoms with van der Waals surface area (Å²) in [7, 11) is -9.10. The highest BCUT2D eigenvalue weighted by molar-refractivity contribution is 7.87. The molecule has 3 fully saturated rings. The van der Waals surface area contributed by atoms with Gasteiger partial charge in [0, 0.05) is 11.8 Å². The zero-order valence-corrected chi connectivity index (χ0v) is 12.8. The van der Waals surface area contributed by atoms with Crippen molar-refractivity contribution < 1.29 is 34.4 Å². The van der Waals surface area contributed by atoms with Crippen LogP contribution in [0.4, 0.5) is 8.78 Å². The summed E-state index contributed by atoms with van der Waals surface area (Å²) in [5.41, 5.74) is 0. The Morgan fingerprint density at radius 1 is 1.38 bits per heavy atom. The summed E-state index contributed by atoms with van der Waals surface area (Å²) < 4.78 is 86.0. The first-order chi connectivity index (χ1) is 9.45. The first-order valence-corrected chi connectivity index (χ1v) is 9.63. The smallest absolute Gasteiger partial charge is 0.281 e. The molecular weight excluding hydrogens is 330 g/mol. The van der Waals surface area contributed by atoms with Gasteiger partial charge >= 0.3 is 15.4 Å². The third-order valence-corrected chi connectivity index (χ3v) is 8.06. The lowest BCUT2D eigenvalue weighted by molar-refractivity contribution is 0.000383. The maximum absolute atomic E-state index is 13.6. The van der Waals surface area contributed by atoms with E-state index in [2.05, 4.69) is 0 Å². The molecule has 0 amide bonds. The minimum absolute atomic E-state index is 0.0399. The van der Waals surface area contributed by atoms with Gasteiger partial charge < -0.3 is 0 Å². The maximum Gasteiger partial charge on any atom is 0.372 e. The van der Waals surface area contributed by atoms with Gasteiger partial charge in [0.25, 0.3) is 10.1 Å². The second-order valence-corrected chi connectivity index (χ2v) is 9.60. The van der Waals surface area contributed by atoms with Gasteiger partial charge in [-0.1, -0.05) is 6.92 Å². The highest BCUT2D eigenvalue weighted by Gasteiger charge is 2.64. The number of fused-ring (bicyclic) bond motifs is 1. The minimum Gasteiger partial charge on any atom is -0.281 e. The van der Waals surface area contributed by atoms with Gasteiger partial charge in [-0.3, -0.25) is 8.74 Å². The van der Waals surface area contributed by atoms with Crippen LogP contribution in [0.15, 0.2) is 0 Å². The van der Waals surface area contributed by atoms with Gasteiger partial charge in [-0.25, -0.2) is 0 Å². The Balaban J connectivity index is 1.79. The van der Waals surface area contributed by atoms with E-state index in [0.29, 0.717) is 12.8 Å². The monoisotopic (exact) mass is 346 g/mol. The number of halogens is 2. The molecule has 0 radical (unpaired) electrons. The van der Waals surface area contributed by atoms with Gasteiger partial charge in [0.2, 0.25) is 0 Å². The minimum atomic E-state index is -5.49. The molecule has 1 N–H and O–H groups in total. The number of hydrogen-bond donors (Lipinski definition) is 1. The van der Waals surface area contributed by atoms with E-state index in [4.69, 9.17) is 8.74 Å². The van der Waals surface area contributed by atoms with Crippen molar-refractivity contribution in [2.45, 2.75) is 42.8 Å². The van der Waals surface area contributed by atoms with E-state index >= 15 is 0 Å². The molecule has 0 aromatic heterocycles. The van der Waals surface area contributed by atoms with Crippen molar-refractivity contribution in [3.05, 3.63) is 0 Å². The molecule has 2 aliphatic carbocycles. The molecule has 0 aromatic rings. The topological polar surface area (TPSA) is 97.7 Å². The molecule has 0 spiro atoms. The van der Waals surface area contributed by atoms with Gasteiger partial charge in [0.05, 0.1) is 11.4 Å². The summed E-state index contributed by atoms with van der Waals surface area (Å²) in [6, 6.07) is 0. The molecule has 10 heteroatoms. The zero-order valence-electron chi connectivity index (χ0n) is 11.1. The molecule has 0 aromatic carbocycles.